The van der Waals surface area contributed by atoms with Crippen LogP contribution in [0.15, 0.2) is 60.9 Å². The van der Waals surface area contributed by atoms with Crippen molar-refractivity contribution in [3.63, 3.8) is 0 Å². The second-order valence-electron chi connectivity index (χ2n) is 5.35. The lowest BCUT2D eigenvalue weighted by Gasteiger charge is -2.10. The predicted octanol–water partition coefficient (Wildman–Crippen LogP) is 5.04. The van der Waals surface area contributed by atoms with Gasteiger partial charge in [-0.2, -0.15) is 13.2 Å². The van der Waals surface area contributed by atoms with Gasteiger partial charge in [0.1, 0.15) is 23.7 Å². The number of nitrogens with one attached hydrogen (secondary N) is 1. The molecule has 4 nitrogen and oxygen atoms in total. The Morgan fingerprint density at radius 3 is 2.42 bits per heavy atom. The summed E-state index contributed by atoms with van der Waals surface area (Å²) in [6.07, 6.45) is -3.09. The molecule has 1 N–H and O–H groups in total. The van der Waals surface area contributed by atoms with Crippen LogP contribution in [0.5, 0.6) is 11.6 Å². The van der Waals surface area contributed by atoms with Gasteiger partial charge in [-0.15, -0.1) is 0 Å². The minimum Gasteiger partial charge on any atom is -0.439 e. The Kier molecular flexibility index (Phi) is 5.01. The summed E-state index contributed by atoms with van der Waals surface area (Å²) in [6.45, 7) is 0.272. The van der Waals surface area contributed by atoms with E-state index in [1.165, 1.54) is 42.7 Å². The van der Waals surface area contributed by atoms with Crippen molar-refractivity contribution in [2.75, 3.05) is 5.32 Å². The summed E-state index contributed by atoms with van der Waals surface area (Å²) in [6, 6.07) is 11.9. The average Bonchev–Trinajstić information content (AvgIpc) is 2.60. The van der Waals surface area contributed by atoms with Crippen molar-refractivity contribution in [2.45, 2.75) is 12.7 Å². The van der Waals surface area contributed by atoms with Crippen molar-refractivity contribution < 1.29 is 22.3 Å². The van der Waals surface area contributed by atoms with Gasteiger partial charge < -0.3 is 10.1 Å². The lowest BCUT2D eigenvalue weighted by Crippen LogP contribution is -2.06. The first kappa shape index (κ1) is 17.7. The van der Waals surface area contributed by atoms with E-state index in [2.05, 4.69) is 15.3 Å². The van der Waals surface area contributed by atoms with Crippen LogP contribution in [0.4, 0.5) is 23.4 Å². The Bertz CT molecular complexity index is 882. The highest BCUT2D eigenvalue weighted by Crippen LogP contribution is 2.29. The fourth-order valence-electron chi connectivity index (χ4n) is 2.15. The van der Waals surface area contributed by atoms with E-state index in [-0.39, 0.29) is 18.2 Å². The molecular weight excluding hydrogens is 350 g/mol. The molecule has 0 fully saturated rings. The number of rotatable bonds is 5. The number of halogens is 4. The van der Waals surface area contributed by atoms with E-state index in [1.807, 2.05) is 0 Å². The molecule has 0 aliphatic carbocycles. The van der Waals surface area contributed by atoms with Crippen molar-refractivity contribution in [2.24, 2.45) is 0 Å². The van der Waals surface area contributed by atoms with Crippen LogP contribution in [0.25, 0.3) is 0 Å². The van der Waals surface area contributed by atoms with E-state index in [4.69, 9.17) is 4.74 Å². The summed E-state index contributed by atoms with van der Waals surface area (Å²) in [4.78, 5) is 7.95. The smallest absolute Gasteiger partial charge is 0.416 e. The first-order chi connectivity index (χ1) is 12.4. The van der Waals surface area contributed by atoms with Gasteiger partial charge in [0, 0.05) is 18.7 Å². The Morgan fingerprint density at radius 1 is 0.962 bits per heavy atom. The average molecular weight is 363 g/mol. The van der Waals surface area contributed by atoms with Crippen molar-refractivity contribution in [1.29, 1.82) is 0 Å². The minimum absolute atomic E-state index is 0.209. The zero-order chi connectivity index (χ0) is 18.6. The molecule has 0 saturated carbocycles. The topological polar surface area (TPSA) is 47.0 Å². The first-order valence-electron chi connectivity index (χ1n) is 7.55. The van der Waals surface area contributed by atoms with Gasteiger partial charge in [0.2, 0.25) is 5.88 Å². The van der Waals surface area contributed by atoms with Gasteiger partial charge in [-0.25, -0.2) is 14.4 Å². The largest absolute Gasteiger partial charge is 0.439 e. The van der Waals surface area contributed by atoms with Gasteiger partial charge in [-0.1, -0.05) is 18.2 Å². The van der Waals surface area contributed by atoms with Crippen LogP contribution in [-0.2, 0) is 12.7 Å². The van der Waals surface area contributed by atoms with Gasteiger partial charge in [0.25, 0.3) is 0 Å². The van der Waals surface area contributed by atoms with Crippen molar-refractivity contribution >= 4 is 5.82 Å². The van der Waals surface area contributed by atoms with E-state index in [0.717, 1.165) is 12.1 Å². The normalized spacial score (nSPS) is 11.2. The number of nitrogens with zero attached hydrogens (tertiary/aromatic N) is 2. The number of hydrogen-bond acceptors (Lipinski definition) is 4. The zero-order valence-corrected chi connectivity index (χ0v) is 13.3. The molecule has 1 aromatic heterocycles. The van der Waals surface area contributed by atoms with Crippen molar-refractivity contribution in [1.82, 2.24) is 9.97 Å². The molecule has 2 aromatic carbocycles. The van der Waals surface area contributed by atoms with Crippen LogP contribution < -0.4 is 10.1 Å². The van der Waals surface area contributed by atoms with Crippen molar-refractivity contribution in [3.8, 4) is 11.6 Å². The summed E-state index contributed by atoms with van der Waals surface area (Å²) < 4.78 is 56.3. The Labute approximate surface area is 146 Å². The maximum absolute atomic E-state index is 13.2. The lowest BCUT2D eigenvalue weighted by molar-refractivity contribution is -0.137. The van der Waals surface area contributed by atoms with Crippen LogP contribution in [0.1, 0.15) is 11.1 Å². The minimum atomic E-state index is -4.36. The Morgan fingerprint density at radius 2 is 1.73 bits per heavy atom. The Hall–Kier alpha value is -3.16. The van der Waals surface area contributed by atoms with E-state index < -0.39 is 17.6 Å². The first-order valence-corrected chi connectivity index (χ1v) is 7.55. The molecule has 0 aliphatic heterocycles. The lowest BCUT2D eigenvalue weighted by atomic mass is 10.1. The summed E-state index contributed by atoms with van der Waals surface area (Å²) in [5.74, 6) is 0.487. The molecular formula is C18H13F4N3O. The second-order valence-corrected chi connectivity index (χ2v) is 5.35. The molecule has 0 saturated heterocycles. The number of hydrogen-bond donors (Lipinski definition) is 1. The highest BCUT2D eigenvalue weighted by atomic mass is 19.4. The van der Waals surface area contributed by atoms with Gasteiger partial charge in [-0.05, 0) is 29.8 Å². The van der Waals surface area contributed by atoms with Gasteiger partial charge >= 0.3 is 6.18 Å². The molecule has 0 spiro atoms. The summed E-state index contributed by atoms with van der Waals surface area (Å²) >= 11 is 0. The molecule has 1 heterocycles. The molecule has 134 valence electrons. The molecule has 26 heavy (non-hydrogen) atoms. The van der Waals surface area contributed by atoms with Crippen LogP contribution >= 0.6 is 0 Å². The third-order valence-corrected chi connectivity index (χ3v) is 3.42. The summed E-state index contributed by atoms with van der Waals surface area (Å²) in [5.41, 5.74) is -0.0433. The van der Waals surface area contributed by atoms with Crippen LogP contribution in [0.2, 0.25) is 0 Å². The molecule has 0 amide bonds. The predicted molar refractivity (Wildman–Crippen MR) is 87.3 cm³/mol. The highest BCUT2D eigenvalue weighted by Gasteiger charge is 2.29. The molecule has 0 aliphatic rings. The van der Waals surface area contributed by atoms with Gasteiger partial charge in [0.15, 0.2) is 0 Å². The fourth-order valence-corrected chi connectivity index (χ4v) is 2.15. The third-order valence-electron chi connectivity index (χ3n) is 3.42. The molecule has 3 rings (SSSR count). The number of ether oxygens (including phenoxy) is 1. The maximum Gasteiger partial charge on any atom is 0.416 e. The van der Waals surface area contributed by atoms with Crippen LogP contribution in [-0.4, -0.2) is 9.97 Å². The molecule has 0 unspecified atom stereocenters. The SMILES string of the molecule is Fc1cccc(Oc2cc(NCc3ccc(C(F)(F)F)cc3)ncn2)c1. The fraction of sp³-hybridized carbons (Fsp3) is 0.111. The van der Waals surface area contributed by atoms with Crippen molar-refractivity contribution in [3.05, 3.63) is 77.9 Å². The van der Waals surface area contributed by atoms with Gasteiger partial charge in [-0.3, -0.25) is 0 Å². The highest BCUT2D eigenvalue weighted by molar-refractivity contribution is 5.40. The van der Waals surface area contributed by atoms with E-state index in [1.54, 1.807) is 6.07 Å². The standard InChI is InChI=1S/C18H13F4N3O/c19-14-2-1-3-15(8-14)26-17-9-16(24-11-25-17)23-10-12-4-6-13(7-5-12)18(20,21)22/h1-9,11H,10H2,(H,23,24,25). The molecule has 8 heteroatoms. The second kappa shape index (κ2) is 7.38. The molecule has 0 atom stereocenters. The molecule has 3 aromatic rings. The van der Waals surface area contributed by atoms with Crippen LogP contribution in [0.3, 0.4) is 0 Å². The maximum atomic E-state index is 13.2. The van der Waals surface area contributed by atoms with E-state index in [0.29, 0.717) is 11.4 Å². The van der Waals surface area contributed by atoms with Crippen LogP contribution in [0, 0.1) is 5.82 Å². The summed E-state index contributed by atoms with van der Waals surface area (Å²) in [5, 5.41) is 2.97. The number of anilines is 1. The van der Waals surface area contributed by atoms with E-state index >= 15 is 0 Å². The van der Waals surface area contributed by atoms with Gasteiger partial charge in [0.05, 0.1) is 5.56 Å². The molecule has 0 bridgehead atoms. The summed E-state index contributed by atoms with van der Waals surface area (Å²) in [7, 11) is 0. The quantitative estimate of drug-likeness (QED) is 0.645. The third kappa shape index (κ3) is 4.69. The zero-order valence-electron chi connectivity index (χ0n) is 13.3. The number of benzene rings is 2. The number of aromatic nitrogens is 2. The molecule has 0 radical (unpaired) electrons. The number of alkyl halides is 3. The monoisotopic (exact) mass is 363 g/mol. The van der Waals surface area contributed by atoms with E-state index in [9.17, 15) is 17.6 Å². The Balaban J connectivity index is 1.63.